The van der Waals surface area contributed by atoms with Gasteiger partial charge in [-0.05, 0) is 36.4 Å². The van der Waals surface area contributed by atoms with Gasteiger partial charge in [0.25, 0.3) is 5.91 Å². The minimum Gasteiger partial charge on any atom is -0.452 e. The molecule has 1 N–H and O–H groups in total. The average molecular weight is 342 g/mol. The Labute approximate surface area is 135 Å². The monoisotopic (exact) mass is 341 g/mol. The number of ether oxygens (including phenoxy) is 1. The second-order valence-electron chi connectivity index (χ2n) is 4.23. The molecule has 0 aliphatic rings. The Hall–Kier alpha value is -2.11. The summed E-state index contributed by atoms with van der Waals surface area (Å²) >= 11 is 11.7. The fourth-order valence-corrected chi connectivity index (χ4v) is 2.18. The molecule has 1 amide bonds. The van der Waals surface area contributed by atoms with Crippen LogP contribution in [0.15, 0.2) is 42.5 Å². The summed E-state index contributed by atoms with van der Waals surface area (Å²) in [6, 6.07) is 9.74. The van der Waals surface area contributed by atoms with Gasteiger partial charge in [-0.1, -0.05) is 29.3 Å². The van der Waals surface area contributed by atoms with E-state index in [1.165, 1.54) is 36.4 Å². The van der Waals surface area contributed by atoms with Crippen LogP contribution in [-0.2, 0) is 9.53 Å². The number of benzene rings is 2. The van der Waals surface area contributed by atoms with E-state index < -0.39 is 24.3 Å². The Morgan fingerprint density at radius 3 is 2.23 bits per heavy atom. The van der Waals surface area contributed by atoms with Gasteiger partial charge in [-0.15, -0.1) is 0 Å². The van der Waals surface area contributed by atoms with Gasteiger partial charge in [0.05, 0.1) is 15.6 Å². The fraction of sp³-hybridized carbons (Fsp3) is 0.0667. The maximum absolute atomic E-state index is 12.7. The zero-order valence-corrected chi connectivity index (χ0v) is 12.6. The molecule has 0 saturated carbocycles. The molecule has 22 heavy (non-hydrogen) atoms. The Morgan fingerprint density at radius 2 is 1.64 bits per heavy atom. The molecule has 0 aliphatic heterocycles. The maximum Gasteiger partial charge on any atom is 0.341 e. The predicted molar refractivity (Wildman–Crippen MR) is 81.8 cm³/mol. The van der Waals surface area contributed by atoms with Crippen molar-refractivity contribution in [3.63, 3.8) is 0 Å². The highest BCUT2D eigenvalue weighted by atomic mass is 35.5. The van der Waals surface area contributed by atoms with E-state index in [0.29, 0.717) is 5.69 Å². The van der Waals surface area contributed by atoms with Crippen LogP contribution in [0.3, 0.4) is 0 Å². The quantitative estimate of drug-likeness (QED) is 0.857. The molecule has 7 heteroatoms. The molecule has 0 radical (unpaired) electrons. The van der Waals surface area contributed by atoms with Crippen LogP contribution in [0.25, 0.3) is 0 Å². The molecule has 2 rings (SSSR count). The second-order valence-corrected chi connectivity index (χ2v) is 5.04. The number of hydrogen-bond donors (Lipinski definition) is 1. The maximum atomic E-state index is 12.7. The van der Waals surface area contributed by atoms with Crippen molar-refractivity contribution < 1.29 is 18.7 Å². The van der Waals surface area contributed by atoms with Crippen molar-refractivity contribution in [3.05, 3.63) is 63.9 Å². The zero-order valence-electron chi connectivity index (χ0n) is 11.1. The van der Waals surface area contributed by atoms with Gasteiger partial charge in [-0.3, -0.25) is 4.79 Å². The summed E-state index contributed by atoms with van der Waals surface area (Å²) in [7, 11) is 0. The molecular weight excluding hydrogens is 332 g/mol. The fourth-order valence-electron chi connectivity index (χ4n) is 1.63. The Kier molecular flexibility index (Phi) is 5.35. The van der Waals surface area contributed by atoms with E-state index >= 15 is 0 Å². The predicted octanol–water partition coefficient (Wildman–Crippen LogP) is 3.93. The molecule has 2 aromatic carbocycles. The Bertz CT molecular complexity index is 684. The van der Waals surface area contributed by atoms with Crippen LogP contribution >= 0.6 is 23.2 Å². The van der Waals surface area contributed by atoms with E-state index in [1.807, 2.05) is 0 Å². The van der Waals surface area contributed by atoms with Gasteiger partial charge in [0, 0.05) is 5.69 Å². The third-order valence-corrected chi connectivity index (χ3v) is 3.26. The number of hydrogen-bond acceptors (Lipinski definition) is 3. The number of nitrogens with one attached hydrogen (secondary N) is 1. The minimum atomic E-state index is -0.801. The van der Waals surface area contributed by atoms with E-state index in [0.717, 1.165) is 0 Å². The highest BCUT2D eigenvalue weighted by Crippen LogP contribution is 2.24. The largest absolute Gasteiger partial charge is 0.452 e. The summed E-state index contributed by atoms with van der Waals surface area (Å²) in [6.45, 7) is -0.516. The molecule has 2 aromatic rings. The molecule has 0 atom stereocenters. The summed E-state index contributed by atoms with van der Waals surface area (Å²) in [5, 5.41) is 2.73. The average Bonchev–Trinajstić information content (AvgIpc) is 2.47. The number of anilines is 1. The summed E-state index contributed by atoms with van der Waals surface area (Å²) in [5.41, 5.74) is 0.388. The van der Waals surface area contributed by atoms with E-state index in [2.05, 4.69) is 5.32 Å². The molecule has 0 bridgehead atoms. The summed E-state index contributed by atoms with van der Waals surface area (Å²) < 4.78 is 17.6. The molecule has 0 aliphatic carbocycles. The zero-order chi connectivity index (χ0) is 16.1. The number of amides is 1. The van der Waals surface area contributed by atoms with Crippen LogP contribution in [-0.4, -0.2) is 18.5 Å². The van der Waals surface area contributed by atoms with Gasteiger partial charge in [-0.2, -0.15) is 0 Å². The van der Waals surface area contributed by atoms with Crippen molar-refractivity contribution in [1.82, 2.24) is 0 Å². The van der Waals surface area contributed by atoms with Gasteiger partial charge in [0.2, 0.25) is 0 Å². The van der Waals surface area contributed by atoms with E-state index in [9.17, 15) is 14.0 Å². The minimum absolute atomic E-state index is 0.000385. The molecule has 0 fully saturated rings. The SMILES string of the molecule is O=C(COC(=O)c1c(Cl)cccc1Cl)Nc1ccc(F)cc1. The molecular formula is C15H10Cl2FNO3. The first-order valence-corrected chi connectivity index (χ1v) is 6.89. The van der Waals surface area contributed by atoms with Crippen molar-refractivity contribution in [2.45, 2.75) is 0 Å². The first-order chi connectivity index (χ1) is 10.5. The first kappa shape index (κ1) is 16.3. The van der Waals surface area contributed by atoms with Gasteiger partial charge < -0.3 is 10.1 Å². The number of carbonyl (C=O) groups is 2. The summed E-state index contributed by atoms with van der Waals surface area (Å²) in [5.74, 6) is -1.79. The Morgan fingerprint density at radius 1 is 1.05 bits per heavy atom. The molecule has 0 spiro atoms. The van der Waals surface area contributed by atoms with Crippen LogP contribution in [0.4, 0.5) is 10.1 Å². The topological polar surface area (TPSA) is 55.4 Å². The number of carbonyl (C=O) groups excluding carboxylic acids is 2. The smallest absolute Gasteiger partial charge is 0.341 e. The Balaban J connectivity index is 1.93. The molecule has 0 unspecified atom stereocenters. The van der Waals surface area contributed by atoms with Crippen LogP contribution in [0.2, 0.25) is 10.0 Å². The second kappa shape index (κ2) is 7.24. The third kappa shape index (κ3) is 4.19. The van der Waals surface area contributed by atoms with Crippen LogP contribution < -0.4 is 5.32 Å². The molecule has 4 nitrogen and oxygen atoms in total. The highest BCUT2D eigenvalue weighted by Gasteiger charge is 2.17. The normalized spacial score (nSPS) is 10.1. The lowest BCUT2D eigenvalue weighted by Crippen LogP contribution is -2.21. The van der Waals surface area contributed by atoms with E-state index in [4.69, 9.17) is 27.9 Å². The van der Waals surface area contributed by atoms with Crippen LogP contribution in [0, 0.1) is 5.82 Å². The first-order valence-electron chi connectivity index (χ1n) is 6.14. The summed E-state index contributed by atoms with van der Waals surface area (Å²) in [6.07, 6.45) is 0. The number of rotatable bonds is 4. The molecule has 0 heterocycles. The van der Waals surface area contributed by atoms with Gasteiger partial charge >= 0.3 is 5.97 Å². The van der Waals surface area contributed by atoms with Crippen LogP contribution in [0.1, 0.15) is 10.4 Å². The van der Waals surface area contributed by atoms with E-state index in [-0.39, 0.29) is 15.6 Å². The molecule has 114 valence electrons. The lowest BCUT2D eigenvalue weighted by atomic mass is 10.2. The highest BCUT2D eigenvalue weighted by molar-refractivity contribution is 6.39. The third-order valence-electron chi connectivity index (χ3n) is 2.63. The van der Waals surface area contributed by atoms with Crippen molar-refractivity contribution in [2.24, 2.45) is 0 Å². The van der Waals surface area contributed by atoms with Crippen molar-refractivity contribution in [3.8, 4) is 0 Å². The van der Waals surface area contributed by atoms with Gasteiger partial charge in [0.1, 0.15) is 5.82 Å². The van der Waals surface area contributed by atoms with Crippen LogP contribution in [0.5, 0.6) is 0 Å². The van der Waals surface area contributed by atoms with Gasteiger partial charge in [-0.25, -0.2) is 9.18 Å². The lowest BCUT2D eigenvalue weighted by Gasteiger charge is -2.08. The van der Waals surface area contributed by atoms with Gasteiger partial charge in [0.15, 0.2) is 6.61 Å². The van der Waals surface area contributed by atoms with Crippen molar-refractivity contribution >= 4 is 40.8 Å². The standard InChI is InChI=1S/C15H10Cl2FNO3/c16-11-2-1-3-12(17)14(11)15(21)22-8-13(20)19-10-6-4-9(18)5-7-10/h1-7H,8H2,(H,19,20). The van der Waals surface area contributed by atoms with Crippen molar-refractivity contribution in [2.75, 3.05) is 11.9 Å². The van der Waals surface area contributed by atoms with E-state index in [1.54, 1.807) is 6.07 Å². The molecule has 0 aromatic heterocycles. The number of halogens is 3. The number of esters is 1. The summed E-state index contributed by atoms with van der Waals surface area (Å²) in [4.78, 5) is 23.5. The molecule has 0 saturated heterocycles. The lowest BCUT2D eigenvalue weighted by molar-refractivity contribution is -0.119. The van der Waals surface area contributed by atoms with Crippen molar-refractivity contribution in [1.29, 1.82) is 0 Å².